The number of thiol groups is 1. The standard InChI is InChI=1S/C3H6S3/c4-1-2-6-3-5/h3-4H,1-2H2. The van der Waals surface area contributed by atoms with Gasteiger partial charge in [-0.1, -0.05) is 12.2 Å². The third-order valence-corrected chi connectivity index (χ3v) is 1.79. The van der Waals surface area contributed by atoms with Crippen LogP contribution in [0.4, 0.5) is 0 Å². The van der Waals surface area contributed by atoms with E-state index in [-0.39, 0.29) is 0 Å². The predicted octanol–water partition coefficient (Wildman–Crippen LogP) is 1.61. The van der Waals surface area contributed by atoms with E-state index in [0.29, 0.717) is 0 Å². The van der Waals surface area contributed by atoms with Crippen molar-refractivity contribution in [1.29, 1.82) is 0 Å². The number of thioether (sulfide) groups is 1. The van der Waals surface area contributed by atoms with Crippen molar-refractivity contribution in [1.82, 2.24) is 0 Å². The Morgan fingerprint density at radius 3 is 2.67 bits per heavy atom. The number of rotatable bonds is 3. The van der Waals surface area contributed by atoms with Crippen molar-refractivity contribution in [3.63, 3.8) is 0 Å². The summed E-state index contributed by atoms with van der Waals surface area (Å²) in [4.78, 5) is 0. The summed E-state index contributed by atoms with van der Waals surface area (Å²) in [5, 5.41) is 0. The lowest BCUT2D eigenvalue weighted by atomic mass is 11.0. The third-order valence-electron chi connectivity index (χ3n) is 0.277. The van der Waals surface area contributed by atoms with Crippen LogP contribution in [0.2, 0.25) is 0 Å². The lowest BCUT2D eigenvalue weighted by molar-refractivity contribution is 1.58. The van der Waals surface area contributed by atoms with E-state index >= 15 is 0 Å². The van der Waals surface area contributed by atoms with Gasteiger partial charge in [-0.05, 0) is 5.75 Å². The van der Waals surface area contributed by atoms with E-state index in [4.69, 9.17) is 0 Å². The molecular formula is C3H6S3. The zero-order chi connectivity index (χ0) is 4.83. The smallest absolute Gasteiger partial charge is 0.0342 e. The fraction of sp³-hybridized carbons (Fsp3) is 0.667. The first-order valence-electron chi connectivity index (χ1n) is 1.58. The minimum atomic E-state index is 0.914. The average molecular weight is 138 g/mol. The van der Waals surface area contributed by atoms with E-state index in [2.05, 4.69) is 24.8 Å². The molecule has 0 N–H and O–H groups in total. The minimum absolute atomic E-state index is 0.914. The maximum absolute atomic E-state index is 4.52. The molecule has 0 rings (SSSR count). The Morgan fingerprint density at radius 2 is 2.50 bits per heavy atom. The zero-order valence-corrected chi connectivity index (χ0v) is 5.78. The van der Waals surface area contributed by atoms with Gasteiger partial charge in [0.05, 0.1) is 0 Å². The highest BCUT2D eigenvalue weighted by atomic mass is 32.2. The van der Waals surface area contributed by atoms with Crippen molar-refractivity contribution in [3.8, 4) is 0 Å². The molecule has 36 valence electrons. The van der Waals surface area contributed by atoms with Gasteiger partial charge in [0.25, 0.3) is 0 Å². The molecule has 0 aromatic carbocycles. The summed E-state index contributed by atoms with van der Waals surface area (Å²) in [6.07, 6.45) is 0. The second-order valence-corrected chi connectivity index (χ2v) is 2.65. The SMILES string of the molecule is S=CSCCS. The third kappa shape index (κ3) is 4.79. The molecule has 0 radical (unpaired) electrons. The van der Waals surface area contributed by atoms with Gasteiger partial charge in [0.1, 0.15) is 0 Å². The lowest BCUT2D eigenvalue weighted by Gasteiger charge is -1.80. The van der Waals surface area contributed by atoms with Gasteiger partial charge in [0.15, 0.2) is 0 Å². The Balaban J connectivity index is 2.49. The normalized spacial score (nSPS) is 8.17. The molecule has 0 saturated heterocycles. The Labute approximate surface area is 53.1 Å². The molecule has 0 aromatic rings. The first-order valence-corrected chi connectivity index (χ1v) is 3.73. The molecule has 0 aliphatic heterocycles. The fourth-order valence-corrected chi connectivity index (χ4v) is 0.907. The quantitative estimate of drug-likeness (QED) is 0.357. The molecule has 0 bridgehead atoms. The van der Waals surface area contributed by atoms with Crippen LogP contribution in [0.3, 0.4) is 0 Å². The van der Waals surface area contributed by atoms with E-state index in [1.807, 2.05) is 0 Å². The molecule has 0 fully saturated rings. The van der Waals surface area contributed by atoms with Gasteiger partial charge in [-0.2, -0.15) is 12.6 Å². The number of hydrogen-bond acceptors (Lipinski definition) is 3. The largest absolute Gasteiger partial charge is 0.178 e. The summed E-state index contributed by atoms with van der Waals surface area (Å²) >= 11 is 10.1. The maximum atomic E-state index is 4.52. The molecule has 0 atom stereocenters. The van der Waals surface area contributed by atoms with Crippen LogP contribution in [-0.4, -0.2) is 16.2 Å². The fourth-order valence-electron chi connectivity index (χ4n) is 0.101. The highest BCUT2D eigenvalue weighted by molar-refractivity contribution is 8.21. The highest BCUT2D eigenvalue weighted by Gasteiger charge is 1.73. The molecule has 3 heteroatoms. The molecule has 0 aromatic heterocycles. The second-order valence-electron chi connectivity index (χ2n) is 0.691. The summed E-state index contributed by atoms with van der Waals surface area (Å²) in [7, 11) is 0. The Morgan fingerprint density at radius 1 is 1.83 bits per heavy atom. The van der Waals surface area contributed by atoms with Crippen LogP contribution in [0.1, 0.15) is 0 Å². The summed E-state index contributed by atoms with van der Waals surface area (Å²) in [6.45, 7) is 0. The van der Waals surface area contributed by atoms with E-state index in [1.54, 1.807) is 16.5 Å². The topological polar surface area (TPSA) is 0 Å². The highest BCUT2D eigenvalue weighted by Crippen LogP contribution is 1.93. The Bertz CT molecular complexity index is 35.0. The predicted molar refractivity (Wildman–Crippen MR) is 40.0 cm³/mol. The molecule has 0 aliphatic carbocycles. The first kappa shape index (κ1) is 6.79. The molecule has 0 saturated carbocycles. The van der Waals surface area contributed by atoms with Gasteiger partial charge >= 0.3 is 0 Å². The summed E-state index contributed by atoms with van der Waals surface area (Å²) < 4.78 is 1.66. The number of thiocarbonyl (C=S) groups is 1. The van der Waals surface area contributed by atoms with Gasteiger partial charge in [-0.15, -0.1) is 11.8 Å². The Hall–Kier alpha value is 0.790. The Kier molecular flexibility index (Phi) is 6.55. The van der Waals surface area contributed by atoms with Gasteiger partial charge < -0.3 is 0 Å². The van der Waals surface area contributed by atoms with Crippen LogP contribution < -0.4 is 0 Å². The van der Waals surface area contributed by atoms with Gasteiger partial charge in [0, 0.05) is 10.5 Å². The van der Waals surface area contributed by atoms with Crippen LogP contribution in [-0.2, 0) is 0 Å². The van der Waals surface area contributed by atoms with Crippen molar-refractivity contribution < 1.29 is 0 Å². The molecular weight excluding hydrogens is 132 g/mol. The van der Waals surface area contributed by atoms with Crippen LogP contribution in [0.5, 0.6) is 0 Å². The molecule has 0 spiro atoms. The van der Waals surface area contributed by atoms with E-state index in [9.17, 15) is 0 Å². The monoisotopic (exact) mass is 138 g/mol. The summed E-state index contributed by atoms with van der Waals surface area (Å²) in [6, 6.07) is 0. The average Bonchev–Trinajstić information content (AvgIpc) is 1.61. The van der Waals surface area contributed by atoms with Gasteiger partial charge in [-0.3, -0.25) is 0 Å². The van der Waals surface area contributed by atoms with E-state index in [1.165, 1.54) is 0 Å². The van der Waals surface area contributed by atoms with Crippen molar-refractivity contribution in [2.75, 3.05) is 11.5 Å². The van der Waals surface area contributed by atoms with Crippen LogP contribution >= 0.6 is 36.6 Å². The van der Waals surface area contributed by atoms with E-state index < -0.39 is 0 Å². The molecule has 6 heavy (non-hydrogen) atoms. The molecule has 0 unspecified atom stereocenters. The van der Waals surface area contributed by atoms with Crippen molar-refractivity contribution in [2.24, 2.45) is 0 Å². The van der Waals surface area contributed by atoms with Gasteiger partial charge in [-0.25, -0.2) is 0 Å². The molecule has 0 amide bonds. The lowest BCUT2D eigenvalue weighted by Crippen LogP contribution is -1.73. The molecule has 0 nitrogen and oxygen atoms in total. The van der Waals surface area contributed by atoms with Crippen molar-refractivity contribution in [3.05, 3.63) is 0 Å². The zero-order valence-electron chi connectivity index (χ0n) is 3.26. The van der Waals surface area contributed by atoms with Gasteiger partial charge in [0.2, 0.25) is 0 Å². The summed E-state index contributed by atoms with van der Waals surface area (Å²) in [5.41, 5.74) is 0. The van der Waals surface area contributed by atoms with Crippen LogP contribution in [0.15, 0.2) is 0 Å². The molecule has 0 heterocycles. The molecule has 0 aliphatic rings. The number of hydrogen-bond donors (Lipinski definition) is 1. The van der Waals surface area contributed by atoms with Crippen LogP contribution in [0, 0.1) is 0 Å². The first-order chi connectivity index (χ1) is 2.91. The summed E-state index contributed by atoms with van der Waals surface area (Å²) in [5.74, 6) is 1.95. The van der Waals surface area contributed by atoms with Crippen molar-refractivity contribution >= 4 is 41.3 Å². The van der Waals surface area contributed by atoms with E-state index in [0.717, 1.165) is 11.5 Å². The van der Waals surface area contributed by atoms with Crippen molar-refractivity contribution in [2.45, 2.75) is 0 Å². The van der Waals surface area contributed by atoms with Crippen LogP contribution in [0.25, 0.3) is 0 Å². The maximum Gasteiger partial charge on any atom is 0.0342 e. The minimum Gasteiger partial charge on any atom is -0.178 e. The second kappa shape index (κ2) is 5.79.